The third kappa shape index (κ3) is 9.25. The first-order valence-electron chi connectivity index (χ1n) is 20.8. The van der Waals surface area contributed by atoms with E-state index in [1.165, 1.54) is 0 Å². The molecule has 3 saturated heterocycles. The van der Waals surface area contributed by atoms with Crippen molar-refractivity contribution in [3.63, 3.8) is 0 Å². The molecule has 3 aliphatic rings. The number of nitrogens with zero attached hydrogens (tertiary/aromatic N) is 8. The van der Waals surface area contributed by atoms with Crippen LogP contribution in [0.15, 0.2) is 65.6 Å². The van der Waals surface area contributed by atoms with E-state index in [0.717, 1.165) is 46.4 Å². The van der Waals surface area contributed by atoms with Crippen molar-refractivity contribution in [2.24, 2.45) is 5.92 Å². The van der Waals surface area contributed by atoms with E-state index >= 15 is 0 Å². The Kier molecular flexibility index (Phi) is 11.6. The predicted octanol–water partition coefficient (Wildman–Crippen LogP) is 4.09. The van der Waals surface area contributed by atoms with E-state index in [4.69, 9.17) is 9.26 Å². The molecule has 6 heterocycles. The van der Waals surface area contributed by atoms with Crippen molar-refractivity contribution in [1.29, 1.82) is 0 Å². The number of amides is 5. The molecule has 3 fully saturated rings. The molecule has 5 amide bonds. The molecule has 0 bridgehead atoms. The van der Waals surface area contributed by atoms with Crippen LogP contribution < -0.4 is 20.3 Å². The Labute approximate surface area is 352 Å². The van der Waals surface area contributed by atoms with Crippen LogP contribution in [0.4, 0.5) is 5.69 Å². The van der Waals surface area contributed by atoms with Crippen LogP contribution in [0.3, 0.4) is 0 Å². The molecular formula is C44H50N10O7. The van der Waals surface area contributed by atoms with E-state index in [1.807, 2.05) is 60.3 Å². The van der Waals surface area contributed by atoms with Gasteiger partial charge in [0.05, 0.1) is 23.1 Å². The van der Waals surface area contributed by atoms with Crippen LogP contribution in [-0.4, -0.2) is 109 Å². The molecule has 3 aromatic heterocycles. The Morgan fingerprint density at radius 2 is 1.75 bits per heavy atom. The van der Waals surface area contributed by atoms with Gasteiger partial charge in [-0.3, -0.25) is 29.3 Å². The summed E-state index contributed by atoms with van der Waals surface area (Å²) in [7, 11) is 0. The number of aryl methyl sites for hydroxylation is 1. The molecule has 0 radical (unpaired) electrons. The van der Waals surface area contributed by atoms with Gasteiger partial charge in [0.1, 0.15) is 12.1 Å². The van der Waals surface area contributed by atoms with Crippen LogP contribution in [0.25, 0.3) is 16.8 Å². The standard InChI is InChI=1S/C44H50N10O7/c1-27-20-30(8-9-31(27)22-45-41(58)39-49-43(61-50-39)44(2,3)4)38-34-21-32(25-54(34)47-26-46-38)51-16-18-52(19-17-51)37(56)7-5-6-28-23-53(24-28)42(59)29-10-12-33(13-11-29)60-35-14-15-36(55)48-40(35)57/h8-13,20-21,25-26,28,35H,5-7,14-19,22-24H2,1-4H3,(H,45,58)(H,48,55,57). The molecule has 61 heavy (non-hydrogen) atoms. The Bertz CT molecular complexity index is 2460. The first-order valence-corrected chi connectivity index (χ1v) is 20.8. The molecular weight excluding hydrogens is 781 g/mol. The number of imide groups is 1. The number of carbonyl (C=O) groups excluding carboxylic acids is 5. The first kappa shape index (κ1) is 41.1. The molecule has 5 aromatic rings. The van der Waals surface area contributed by atoms with Gasteiger partial charge in [0, 0.05) is 81.6 Å². The third-order valence-electron chi connectivity index (χ3n) is 11.5. The maximum atomic E-state index is 13.2. The fourth-order valence-corrected chi connectivity index (χ4v) is 7.87. The molecule has 0 spiro atoms. The highest BCUT2D eigenvalue weighted by molar-refractivity contribution is 6.00. The van der Waals surface area contributed by atoms with Crippen molar-refractivity contribution < 1.29 is 33.2 Å². The van der Waals surface area contributed by atoms with E-state index in [2.05, 4.69) is 47.9 Å². The zero-order valence-corrected chi connectivity index (χ0v) is 34.8. The molecule has 17 nitrogen and oxygen atoms in total. The van der Waals surface area contributed by atoms with Crippen LogP contribution in [0.1, 0.15) is 90.9 Å². The number of hydrogen-bond acceptors (Lipinski definition) is 12. The zero-order chi connectivity index (χ0) is 42.8. The second-order valence-electron chi connectivity index (χ2n) is 17.1. The molecule has 1 unspecified atom stereocenters. The van der Waals surface area contributed by atoms with Gasteiger partial charge < -0.3 is 29.3 Å². The minimum absolute atomic E-state index is 0.00784. The van der Waals surface area contributed by atoms with Crippen LogP contribution in [-0.2, 0) is 26.3 Å². The van der Waals surface area contributed by atoms with Gasteiger partial charge in [0.25, 0.3) is 23.5 Å². The maximum Gasteiger partial charge on any atom is 0.292 e. The SMILES string of the molecule is Cc1cc(-c2ncnn3cc(N4CCN(C(=O)CCCC5CN(C(=O)c6ccc(OC7CCC(=O)NC7=O)cc6)C5)CC4)cc23)ccc1CNC(=O)c1noc(C(C)(C)C)n1. The van der Waals surface area contributed by atoms with Crippen molar-refractivity contribution in [3.8, 4) is 17.0 Å². The van der Waals surface area contributed by atoms with Gasteiger partial charge in [-0.25, -0.2) is 9.50 Å². The largest absolute Gasteiger partial charge is 0.481 e. The molecule has 318 valence electrons. The Balaban J connectivity index is 0.770. The topological polar surface area (TPSA) is 197 Å². The number of hydrogen-bond donors (Lipinski definition) is 2. The Morgan fingerprint density at radius 1 is 0.984 bits per heavy atom. The highest BCUT2D eigenvalue weighted by Gasteiger charge is 2.32. The molecule has 8 rings (SSSR count). The highest BCUT2D eigenvalue weighted by Crippen LogP contribution is 2.30. The zero-order valence-electron chi connectivity index (χ0n) is 34.8. The molecule has 0 saturated carbocycles. The van der Waals surface area contributed by atoms with E-state index < -0.39 is 17.9 Å². The normalized spacial score (nSPS) is 17.3. The molecule has 0 aliphatic carbocycles. The number of carbonyl (C=O) groups is 5. The lowest BCUT2D eigenvalue weighted by atomic mass is 9.93. The lowest BCUT2D eigenvalue weighted by Crippen LogP contribution is -2.50. The van der Waals surface area contributed by atoms with Gasteiger partial charge in [0.2, 0.25) is 17.7 Å². The van der Waals surface area contributed by atoms with Crippen LogP contribution in [0, 0.1) is 12.8 Å². The first-order chi connectivity index (χ1) is 29.3. The summed E-state index contributed by atoms with van der Waals surface area (Å²) in [5.41, 5.74) is 5.75. The average Bonchev–Trinajstić information content (AvgIpc) is 3.92. The summed E-state index contributed by atoms with van der Waals surface area (Å²) in [5.74, 6) is 0.197. The number of fused-ring (bicyclic) bond motifs is 1. The average molecular weight is 831 g/mol. The summed E-state index contributed by atoms with van der Waals surface area (Å²) in [6, 6.07) is 14.8. The molecule has 1 atom stereocenters. The fourth-order valence-electron chi connectivity index (χ4n) is 7.87. The number of nitrogens with one attached hydrogen (secondary N) is 2. The monoisotopic (exact) mass is 830 g/mol. The van der Waals surface area contributed by atoms with Crippen LogP contribution in [0.2, 0.25) is 0 Å². The number of piperazine rings is 1. The number of benzene rings is 2. The van der Waals surface area contributed by atoms with Crippen molar-refractivity contribution in [3.05, 3.63) is 89.5 Å². The van der Waals surface area contributed by atoms with Crippen LogP contribution >= 0.6 is 0 Å². The molecule has 2 aromatic carbocycles. The van der Waals surface area contributed by atoms with Crippen molar-refractivity contribution >= 4 is 40.7 Å². The van der Waals surface area contributed by atoms with Crippen molar-refractivity contribution in [2.45, 2.75) is 77.9 Å². The maximum absolute atomic E-state index is 13.2. The predicted molar refractivity (Wildman–Crippen MR) is 223 cm³/mol. The molecule has 17 heteroatoms. The van der Waals surface area contributed by atoms with E-state index in [-0.39, 0.29) is 35.4 Å². The summed E-state index contributed by atoms with van der Waals surface area (Å²) in [4.78, 5) is 77.2. The number of likely N-dealkylation sites (tertiary alicyclic amines) is 1. The molecule has 3 aliphatic heterocycles. The van der Waals surface area contributed by atoms with Gasteiger partial charge in [-0.15, -0.1) is 0 Å². The summed E-state index contributed by atoms with van der Waals surface area (Å²) in [6.45, 7) is 12.1. The fraction of sp³-hybridized carbons (Fsp3) is 0.432. The lowest BCUT2D eigenvalue weighted by Gasteiger charge is -2.39. The number of piperidine rings is 1. The van der Waals surface area contributed by atoms with Gasteiger partial charge >= 0.3 is 0 Å². The second-order valence-corrected chi connectivity index (χ2v) is 17.1. The van der Waals surface area contributed by atoms with Crippen LogP contribution in [0.5, 0.6) is 5.75 Å². The van der Waals surface area contributed by atoms with Crippen molar-refractivity contribution in [1.82, 2.24) is 45.2 Å². The lowest BCUT2D eigenvalue weighted by molar-refractivity contribution is -0.139. The second kappa shape index (κ2) is 17.1. The minimum Gasteiger partial charge on any atom is -0.481 e. The third-order valence-corrected chi connectivity index (χ3v) is 11.5. The van der Waals surface area contributed by atoms with E-state index in [0.29, 0.717) is 81.8 Å². The van der Waals surface area contributed by atoms with E-state index in [9.17, 15) is 24.0 Å². The number of anilines is 1. The summed E-state index contributed by atoms with van der Waals surface area (Å²) < 4.78 is 12.8. The van der Waals surface area contributed by atoms with Gasteiger partial charge in [-0.2, -0.15) is 10.1 Å². The molecule has 2 N–H and O–H groups in total. The number of rotatable bonds is 12. The smallest absolute Gasteiger partial charge is 0.292 e. The summed E-state index contributed by atoms with van der Waals surface area (Å²) in [6.07, 6.45) is 5.51. The Morgan fingerprint density at radius 3 is 2.46 bits per heavy atom. The van der Waals surface area contributed by atoms with Crippen molar-refractivity contribution in [2.75, 3.05) is 44.2 Å². The number of aromatic nitrogens is 5. The van der Waals surface area contributed by atoms with Gasteiger partial charge in [-0.1, -0.05) is 38.1 Å². The summed E-state index contributed by atoms with van der Waals surface area (Å²) >= 11 is 0. The van der Waals surface area contributed by atoms with Gasteiger partial charge in [-0.05, 0) is 73.2 Å². The van der Waals surface area contributed by atoms with Gasteiger partial charge in [0.15, 0.2) is 6.10 Å². The summed E-state index contributed by atoms with van der Waals surface area (Å²) in [5, 5.41) is 13.5. The van der Waals surface area contributed by atoms with E-state index in [1.54, 1.807) is 30.6 Å². The quantitative estimate of drug-likeness (QED) is 0.171. The highest BCUT2D eigenvalue weighted by atomic mass is 16.5. The number of ether oxygens (including phenoxy) is 1. The minimum atomic E-state index is -0.727. The Hall–Kier alpha value is -6.65.